The van der Waals surface area contributed by atoms with Crippen LogP contribution in [0.4, 0.5) is 4.79 Å². The second-order valence-corrected chi connectivity index (χ2v) is 5.27. The van der Waals surface area contributed by atoms with E-state index >= 15 is 0 Å². The maximum absolute atomic E-state index is 11.8. The first-order chi connectivity index (χ1) is 9.79. The minimum atomic E-state index is -1.18. The van der Waals surface area contributed by atoms with Crippen LogP contribution in [0.25, 0.3) is 0 Å². The van der Waals surface area contributed by atoms with Gasteiger partial charge in [0.25, 0.3) is 0 Å². The summed E-state index contributed by atoms with van der Waals surface area (Å²) in [5.41, 5.74) is 0. The Kier molecular flexibility index (Phi) is 9.16. The molecule has 0 bridgehead atoms. The number of amides is 2. The largest absolute Gasteiger partial charge is 0.480 e. The van der Waals surface area contributed by atoms with Crippen molar-refractivity contribution in [3.8, 4) is 0 Å². The lowest BCUT2D eigenvalue weighted by atomic mass is 10.0. The molecule has 7 heteroatoms. The van der Waals surface area contributed by atoms with Crippen molar-refractivity contribution in [2.45, 2.75) is 58.5 Å². The van der Waals surface area contributed by atoms with E-state index in [1.807, 2.05) is 6.92 Å². The lowest BCUT2D eigenvalue weighted by molar-refractivity contribution is -0.142. The van der Waals surface area contributed by atoms with Gasteiger partial charge in [-0.1, -0.05) is 20.3 Å². The van der Waals surface area contributed by atoms with Crippen LogP contribution in [0.3, 0.4) is 0 Å². The molecule has 0 saturated carbocycles. The van der Waals surface area contributed by atoms with Crippen molar-refractivity contribution in [2.75, 3.05) is 7.11 Å². The first-order valence-electron chi connectivity index (χ1n) is 7.16. The van der Waals surface area contributed by atoms with E-state index in [1.165, 1.54) is 7.11 Å². The number of esters is 1. The summed E-state index contributed by atoms with van der Waals surface area (Å²) in [5.74, 6) is -1.20. The number of nitrogens with one attached hydrogen (secondary N) is 2. The van der Waals surface area contributed by atoms with Gasteiger partial charge in [0.15, 0.2) is 0 Å². The van der Waals surface area contributed by atoms with Crippen LogP contribution in [0, 0.1) is 5.92 Å². The molecule has 0 aliphatic rings. The molecule has 0 fully saturated rings. The Morgan fingerprint density at radius 2 is 1.81 bits per heavy atom. The summed E-state index contributed by atoms with van der Waals surface area (Å²) in [7, 11) is 1.23. The number of carboxylic acid groups (broad SMARTS) is 1. The monoisotopic (exact) mass is 302 g/mol. The molecule has 0 aromatic rings. The first kappa shape index (κ1) is 19.2. The second-order valence-electron chi connectivity index (χ2n) is 5.27. The maximum atomic E-state index is 11.8. The lowest BCUT2D eigenvalue weighted by Crippen LogP contribution is -2.48. The van der Waals surface area contributed by atoms with Gasteiger partial charge in [0.1, 0.15) is 6.04 Å². The normalized spacial score (nSPS) is 14.7. The molecule has 0 heterocycles. The van der Waals surface area contributed by atoms with Crippen LogP contribution < -0.4 is 10.6 Å². The van der Waals surface area contributed by atoms with Gasteiger partial charge < -0.3 is 20.5 Å². The average Bonchev–Trinajstić information content (AvgIpc) is 2.41. The zero-order valence-corrected chi connectivity index (χ0v) is 13.1. The Hall–Kier alpha value is -1.79. The van der Waals surface area contributed by atoms with Crippen molar-refractivity contribution in [1.29, 1.82) is 0 Å². The molecular formula is C14H26N2O5. The molecule has 0 saturated heterocycles. The fraction of sp³-hybridized carbons (Fsp3) is 0.786. The maximum Gasteiger partial charge on any atom is 0.326 e. The van der Waals surface area contributed by atoms with Crippen LogP contribution in [0.15, 0.2) is 0 Å². The zero-order valence-electron chi connectivity index (χ0n) is 13.1. The van der Waals surface area contributed by atoms with E-state index in [1.54, 1.807) is 0 Å². The molecule has 0 radical (unpaired) electrons. The third-order valence-corrected chi connectivity index (χ3v) is 3.30. The summed E-state index contributed by atoms with van der Waals surface area (Å²) < 4.78 is 4.45. The lowest BCUT2D eigenvalue weighted by Gasteiger charge is -2.20. The number of rotatable bonds is 9. The predicted octanol–water partition coefficient (Wildman–Crippen LogP) is 1.52. The van der Waals surface area contributed by atoms with Crippen molar-refractivity contribution in [3.05, 3.63) is 0 Å². The molecular weight excluding hydrogens is 276 g/mol. The second kappa shape index (κ2) is 10.0. The zero-order chi connectivity index (χ0) is 16.4. The SMILES string of the molecule is CCC(C)CC(C)NC(=O)N[C@H](CCC(=O)OC)C(=O)O. The number of aliphatic carboxylic acids is 1. The fourth-order valence-corrected chi connectivity index (χ4v) is 1.87. The Morgan fingerprint density at radius 3 is 2.29 bits per heavy atom. The fourth-order valence-electron chi connectivity index (χ4n) is 1.87. The molecule has 0 aliphatic carbocycles. The number of hydrogen-bond donors (Lipinski definition) is 3. The average molecular weight is 302 g/mol. The molecule has 21 heavy (non-hydrogen) atoms. The van der Waals surface area contributed by atoms with Gasteiger partial charge in [0, 0.05) is 12.5 Å². The summed E-state index contributed by atoms with van der Waals surface area (Å²) in [6.45, 7) is 6.03. The Morgan fingerprint density at radius 1 is 1.19 bits per heavy atom. The van der Waals surface area contributed by atoms with Crippen molar-refractivity contribution < 1.29 is 24.2 Å². The highest BCUT2D eigenvalue weighted by Gasteiger charge is 2.22. The van der Waals surface area contributed by atoms with Crippen LogP contribution in [0.5, 0.6) is 0 Å². The van der Waals surface area contributed by atoms with Gasteiger partial charge in [-0.25, -0.2) is 9.59 Å². The third kappa shape index (κ3) is 8.88. The van der Waals surface area contributed by atoms with Crippen molar-refractivity contribution in [2.24, 2.45) is 5.92 Å². The Labute approximate surface area is 125 Å². The smallest absolute Gasteiger partial charge is 0.326 e. The molecule has 0 aromatic carbocycles. The number of urea groups is 1. The van der Waals surface area contributed by atoms with E-state index in [0.29, 0.717) is 5.92 Å². The quantitative estimate of drug-likeness (QED) is 0.560. The first-order valence-corrected chi connectivity index (χ1v) is 7.16. The van der Waals surface area contributed by atoms with E-state index in [4.69, 9.17) is 5.11 Å². The minimum absolute atomic E-state index is 0.00479. The van der Waals surface area contributed by atoms with Gasteiger partial charge in [-0.15, -0.1) is 0 Å². The molecule has 0 aromatic heterocycles. The van der Waals surface area contributed by atoms with Gasteiger partial charge in [-0.05, 0) is 25.7 Å². The van der Waals surface area contributed by atoms with Gasteiger partial charge in [-0.2, -0.15) is 0 Å². The third-order valence-electron chi connectivity index (χ3n) is 3.30. The molecule has 2 unspecified atom stereocenters. The summed E-state index contributed by atoms with van der Waals surface area (Å²) in [5, 5.41) is 14.1. The minimum Gasteiger partial charge on any atom is -0.480 e. The number of carbonyl (C=O) groups excluding carboxylic acids is 2. The highest BCUT2D eigenvalue weighted by atomic mass is 16.5. The van der Waals surface area contributed by atoms with Crippen LogP contribution in [-0.4, -0.2) is 42.3 Å². The highest BCUT2D eigenvalue weighted by Crippen LogP contribution is 2.09. The Bertz CT molecular complexity index is 359. The Balaban J connectivity index is 4.28. The highest BCUT2D eigenvalue weighted by molar-refractivity contribution is 5.83. The molecule has 2 amide bonds. The van der Waals surface area contributed by atoms with Crippen molar-refractivity contribution in [1.82, 2.24) is 10.6 Å². The van der Waals surface area contributed by atoms with E-state index in [0.717, 1.165) is 12.8 Å². The van der Waals surface area contributed by atoms with Gasteiger partial charge >= 0.3 is 18.0 Å². The summed E-state index contributed by atoms with van der Waals surface area (Å²) in [6, 6.07) is -1.70. The molecule has 122 valence electrons. The molecule has 0 rings (SSSR count). The predicted molar refractivity (Wildman–Crippen MR) is 77.9 cm³/mol. The number of carboxylic acids is 1. The summed E-state index contributed by atoms with van der Waals surface area (Å²) in [4.78, 5) is 33.8. The number of methoxy groups -OCH3 is 1. The van der Waals surface area contributed by atoms with E-state index in [2.05, 4.69) is 29.2 Å². The summed E-state index contributed by atoms with van der Waals surface area (Å²) >= 11 is 0. The topological polar surface area (TPSA) is 105 Å². The number of carbonyl (C=O) groups is 3. The molecule has 7 nitrogen and oxygen atoms in total. The molecule has 3 N–H and O–H groups in total. The summed E-state index contributed by atoms with van der Waals surface area (Å²) in [6.07, 6.45) is 1.78. The van der Waals surface area contributed by atoms with Gasteiger partial charge in [0.2, 0.25) is 0 Å². The number of ether oxygens (including phenoxy) is 1. The van der Waals surface area contributed by atoms with E-state index < -0.39 is 24.0 Å². The molecule has 0 spiro atoms. The van der Waals surface area contributed by atoms with Crippen LogP contribution >= 0.6 is 0 Å². The van der Waals surface area contributed by atoms with Crippen molar-refractivity contribution in [3.63, 3.8) is 0 Å². The van der Waals surface area contributed by atoms with Crippen LogP contribution in [0.1, 0.15) is 46.5 Å². The van der Waals surface area contributed by atoms with E-state index in [-0.39, 0.29) is 18.9 Å². The van der Waals surface area contributed by atoms with Gasteiger partial charge in [-0.3, -0.25) is 4.79 Å². The van der Waals surface area contributed by atoms with Crippen molar-refractivity contribution >= 4 is 18.0 Å². The van der Waals surface area contributed by atoms with E-state index in [9.17, 15) is 14.4 Å². The van der Waals surface area contributed by atoms with Gasteiger partial charge in [0.05, 0.1) is 7.11 Å². The van der Waals surface area contributed by atoms with Crippen LogP contribution in [0.2, 0.25) is 0 Å². The molecule has 3 atom stereocenters. The number of hydrogen-bond acceptors (Lipinski definition) is 4. The molecule has 0 aliphatic heterocycles. The standard InChI is InChI=1S/C14H26N2O5/c1-5-9(2)8-10(3)15-14(20)16-11(13(18)19)6-7-12(17)21-4/h9-11H,5-8H2,1-4H3,(H,18,19)(H2,15,16,20)/t9?,10?,11-/m1/s1. The van der Waals surface area contributed by atoms with Crippen LogP contribution in [-0.2, 0) is 14.3 Å².